The van der Waals surface area contributed by atoms with Gasteiger partial charge in [-0.3, -0.25) is 9.89 Å². The molecule has 31 heavy (non-hydrogen) atoms. The van der Waals surface area contributed by atoms with Gasteiger partial charge in [-0.05, 0) is 42.8 Å². The summed E-state index contributed by atoms with van der Waals surface area (Å²) in [6.07, 6.45) is 0.802. The third kappa shape index (κ3) is 3.98. The van der Waals surface area contributed by atoms with Crippen molar-refractivity contribution in [1.29, 1.82) is 0 Å². The normalized spacial score (nSPS) is 16.2. The molecule has 0 radical (unpaired) electrons. The maximum atomic E-state index is 13.4. The third-order valence-electron chi connectivity index (χ3n) is 5.41. The number of hydrogen-bond donors (Lipinski definition) is 2. The van der Waals surface area contributed by atoms with Crippen molar-refractivity contribution in [3.63, 3.8) is 0 Å². The fourth-order valence-electron chi connectivity index (χ4n) is 3.80. The van der Waals surface area contributed by atoms with Crippen molar-refractivity contribution in [3.8, 4) is 5.75 Å². The minimum Gasteiger partial charge on any atom is -0.486 e. The van der Waals surface area contributed by atoms with Gasteiger partial charge in [-0.25, -0.2) is 9.37 Å². The van der Waals surface area contributed by atoms with E-state index in [1.54, 1.807) is 17.0 Å². The Kier molecular flexibility index (Phi) is 5.07. The number of imidazole rings is 1. The first-order chi connectivity index (χ1) is 15.1. The molecule has 158 valence electrons. The Morgan fingerprint density at radius 3 is 3.00 bits per heavy atom. The number of amides is 1. The highest BCUT2D eigenvalue weighted by molar-refractivity contribution is 6.32. The summed E-state index contributed by atoms with van der Waals surface area (Å²) in [6, 6.07) is 13.5. The summed E-state index contributed by atoms with van der Waals surface area (Å²) < 4.78 is 19.1. The number of carbonyl (C=O) groups is 1. The Morgan fingerprint density at radius 2 is 2.13 bits per heavy atom. The largest absolute Gasteiger partial charge is 0.486 e. The van der Waals surface area contributed by atoms with Crippen LogP contribution in [0.1, 0.15) is 34.3 Å². The molecule has 1 saturated heterocycles. The molecule has 7 nitrogen and oxygen atoms in total. The highest BCUT2D eigenvalue weighted by Crippen LogP contribution is 2.28. The zero-order valence-electron chi connectivity index (χ0n) is 16.4. The van der Waals surface area contributed by atoms with Gasteiger partial charge in [0.1, 0.15) is 18.2 Å². The molecule has 2 aromatic carbocycles. The molecule has 0 aliphatic carbocycles. The van der Waals surface area contributed by atoms with Crippen molar-refractivity contribution in [2.45, 2.75) is 18.9 Å². The van der Waals surface area contributed by atoms with Gasteiger partial charge in [0, 0.05) is 19.0 Å². The molecule has 2 N–H and O–H groups in total. The molecule has 5 rings (SSSR count). The van der Waals surface area contributed by atoms with E-state index in [9.17, 15) is 9.18 Å². The first kappa shape index (κ1) is 19.6. The van der Waals surface area contributed by atoms with Crippen molar-refractivity contribution in [2.75, 3.05) is 13.1 Å². The number of hydrogen-bond acceptors (Lipinski definition) is 4. The lowest BCUT2D eigenvalue weighted by molar-refractivity contribution is 0.0780. The van der Waals surface area contributed by atoms with E-state index in [2.05, 4.69) is 20.2 Å². The Morgan fingerprint density at radius 1 is 1.26 bits per heavy atom. The van der Waals surface area contributed by atoms with Crippen molar-refractivity contribution in [1.82, 2.24) is 25.1 Å². The number of aromatic nitrogens is 4. The average Bonchev–Trinajstić information content (AvgIpc) is 3.51. The van der Waals surface area contributed by atoms with Gasteiger partial charge in [0.2, 0.25) is 0 Å². The number of rotatable bonds is 5. The van der Waals surface area contributed by atoms with Crippen LogP contribution >= 0.6 is 11.6 Å². The molecule has 0 bridgehead atoms. The van der Waals surface area contributed by atoms with Crippen LogP contribution in [0.2, 0.25) is 5.02 Å². The molecule has 0 spiro atoms. The summed E-state index contributed by atoms with van der Waals surface area (Å²) in [6.45, 7) is 1.47. The zero-order valence-corrected chi connectivity index (χ0v) is 17.2. The van der Waals surface area contributed by atoms with Crippen LogP contribution in [-0.2, 0) is 6.61 Å². The van der Waals surface area contributed by atoms with E-state index < -0.39 is 0 Å². The quantitative estimate of drug-likeness (QED) is 0.485. The smallest absolute Gasteiger partial charge is 0.289 e. The maximum absolute atomic E-state index is 13.4. The minimum atomic E-state index is -0.371. The van der Waals surface area contributed by atoms with Gasteiger partial charge in [0.15, 0.2) is 5.82 Å². The number of benzene rings is 2. The van der Waals surface area contributed by atoms with Crippen molar-refractivity contribution in [2.24, 2.45) is 0 Å². The predicted molar refractivity (Wildman–Crippen MR) is 114 cm³/mol. The monoisotopic (exact) mass is 439 g/mol. The van der Waals surface area contributed by atoms with Gasteiger partial charge < -0.3 is 14.6 Å². The molecule has 1 amide bonds. The number of likely N-dealkylation sites (tertiary alicyclic amines) is 1. The molecule has 1 aliphatic heterocycles. The molecular formula is C22H19ClFN5O2. The lowest BCUT2D eigenvalue weighted by atomic mass is 10.1. The third-order valence-corrected chi connectivity index (χ3v) is 5.72. The number of ether oxygens (including phenoxy) is 1. The SMILES string of the molecule is O=C(c1nc2ccc(F)cc2[nH]1)N1CC[C@H](c2cc(COc3ccccc3Cl)[nH]n2)C1. The van der Waals surface area contributed by atoms with Crippen LogP contribution in [0.25, 0.3) is 11.0 Å². The van der Waals surface area contributed by atoms with Crippen LogP contribution in [0, 0.1) is 5.82 Å². The lowest BCUT2D eigenvalue weighted by Gasteiger charge is -2.14. The second-order valence-electron chi connectivity index (χ2n) is 7.52. The van der Waals surface area contributed by atoms with Gasteiger partial charge in [0.25, 0.3) is 5.91 Å². The van der Waals surface area contributed by atoms with Crippen LogP contribution in [0.5, 0.6) is 5.75 Å². The van der Waals surface area contributed by atoms with Crippen LogP contribution < -0.4 is 4.74 Å². The maximum Gasteiger partial charge on any atom is 0.289 e. The van der Waals surface area contributed by atoms with E-state index in [0.29, 0.717) is 41.5 Å². The van der Waals surface area contributed by atoms with E-state index in [1.807, 2.05) is 24.3 Å². The average molecular weight is 440 g/mol. The summed E-state index contributed by atoms with van der Waals surface area (Å²) in [4.78, 5) is 21.8. The first-order valence-electron chi connectivity index (χ1n) is 9.93. The predicted octanol–water partition coefficient (Wildman–Crippen LogP) is 4.29. The molecule has 0 unspecified atom stereocenters. The van der Waals surface area contributed by atoms with Gasteiger partial charge in [-0.2, -0.15) is 5.10 Å². The summed E-state index contributed by atoms with van der Waals surface area (Å²) in [5, 5.41) is 7.95. The van der Waals surface area contributed by atoms with Crippen molar-refractivity contribution < 1.29 is 13.9 Å². The molecular weight excluding hydrogens is 421 g/mol. The zero-order chi connectivity index (χ0) is 21.4. The van der Waals surface area contributed by atoms with Gasteiger partial charge in [-0.1, -0.05) is 23.7 Å². The van der Waals surface area contributed by atoms with E-state index in [-0.39, 0.29) is 23.5 Å². The van der Waals surface area contributed by atoms with Crippen LogP contribution in [0.3, 0.4) is 0 Å². The van der Waals surface area contributed by atoms with E-state index in [4.69, 9.17) is 16.3 Å². The summed E-state index contributed by atoms with van der Waals surface area (Å²) in [5.41, 5.74) is 2.80. The summed E-state index contributed by atoms with van der Waals surface area (Å²) in [5.74, 6) is 0.387. The summed E-state index contributed by atoms with van der Waals surface area (Å²) in [7, 11) is 0. The van der Waals surface area contributed by atoms with Crippen LogP contribution in [0.4, 0.5) is 4.39 Å². The highest BCUT2D eigenvalue weighted by Gasteiger charge is 2.31. The first-order valence-corrected chi connectivity index (χ1v) is 10.3. The Hall–Kier alpha value is -3.39. The van der Waals surface area contributed by atoms with Crippen molar-refractivity contribution in [3.05, 3.63) is 76.6 Å². The van der Waals surface area contributed by atoms with Crippen LogP contribution in [-0.4, -0.2) is 44.1 Å². The Balaban J connectivity index is 1.23. The number of H-pyrrole nitrogens is 2. The van der Waals surface area contributed by atoms with E-state index >= 15 is 0 Å². The number of carbonyl (C=O) groups excluding carboxylic acids is 1. The molecule has 0 saturated carbocycles. The molecule has 9 heteroatoms. The van der Waals surface area contributed by atoms with Crippen molar-refractivity contribution >= 4 is 28.5 Å². The fraction of sp³-hybridized carbons (Fsp3) is 0.227. The highest BCUT2D eigenvalue weighted by atomic mass is 35.5. The molecule has 1 aliphatic rings. The number of halogens is 2. The molecule has 3 heterocycles. The number of fused-ring (bicyclic) bond motifs is 1. The standard InChI is InChI=1S/C22H19ClFN5O2/c23-16-3-1-2-4-20(16)31-12-15-10-18(28-27-15)13-7-8-29(11-13)22(30)21-25-17-6-5-14(24)9-19(17)26-21/h1-6,9-10,13H,7-8,11-12H2,(H,25,26)(H,27,28)/t13-/m0/s1. The van der Waals surface area contributed by atoms with Gasteiger partial charge in [-0.15, -0.1) is 0 Å². The molecule has 1 fully saturated rings. The number of nitrogens with one attached hydrogen (secondary N) is 2. The molecule has 4 aromatic rings. The van der Waals surface area contributed by atoms with E-state index in [0.717, 1.165) is 17.8 Å². The Bertz CT molecular complexity index is 1250. The fourth-order valence-corrected chi connectivity index (χ4v) is 3.99. The van der Waals surface area contributed by atoms with Gasteiger partial charge >= 0.3 is 0 Å². The Labute approximate surface area is 182 Å². The van der Waals surface area contributed by atoms with Crippen LogP contribution in [0.15, 0.2) is 48.5 Å². The van der Waals surface area contributed by atoms with Gasteiger partial charge in [0.05, 0.1) is 27.4 Å². The molecule has 1 atom stereocenters. The number of nitrogens with zero attached hydrogens (tertiary/aromatic N) is 3. The lowest BCUT2D eigenvalue weighted by Crippen LogP contribution is -2.29. The summed E-state index contributed by atoms with van der Waals surface area (Å²) >= 11 is 6.11. The second-order valence-corrected chi connectivity index (χ2v) is 7.93. The topological polar surface area (TPSA) is 86.9 Å². The molecule has 2 aromatic heterocycles. The second kappa shape index (κ2) is 8.03. The van der Waals surface area contributed by atoms with E-state index in [1.165, 1.54) is 12.1 Å². The number of para-hydroxylation sites is 1. The minimum absolute atomic E-state index is 0.121. The number of aromatic amines is 2.